The zero-order valence-corrected chi connectivity index (χ0v) is 12.9. The van der Waals surface area contributed by atoms with Gasteiger partial charge in [0.2, 0.25) is 5.91 Å². The topological polar surface area (TPSA) is 80.7 Å². The molecule has 3 rings (SSSR count). The van der Waals surface area contributed by atoms with Crippen molar-refractivity contribution in [2.45, 2.75) is 26.7 Å². The highest BCUT2D eigenvalue weighted by Gasteiger charge is 2.34. The number of hydrogen-bond donors (Lipinski definition) is 3. The number of aromatic amines is 1. The number of nitrogens with zero attached hydrogens (tertiary/aromatic N) is 1. The monoisotopic (exact) mass is 296 g/mol. The Balaban J connectivity index is 1.95. The second-order valence-electron chi connectivity index (χ2n) is 6.29. The van der Waals surface area contributed by atoms with Crippen LogP contribution in [0, 0.1) is 23.7 Å². The molecule has 1 atom stereocenters. The lowest BCUT2D eigenvalue weighted by atomic mass is 9.82. The van der Waals surface area contributed by atoms with Gasteiger partial charge in [0.05, 0.1) is 22.2 Å². The molecule has 0 radical (unpaired) electrons. The Hall–Kier alpha value is -2.32. The molecule has 1 aromatic heterocycles. The van der Waals surface area contributed by atoms with Gasteiger partial charge in [-0.15, -0.1) is 0 Å². The number of fused-ring (bicyclic) bond motifs is 1. The summed E-state index contributed by atoms with van der Waals surface area (Å²) < 4.78 is 0. The normalized spacial score (nSPS) is 21.5. The molecule has 0 bridgehead atoms. The quantitative estimate of drug-likeness (QED) is 0.797. The van der Waals surface area contributed by atoms with E-state index in [1.807, 2.05) is 26.0 Å². The molecule has 3 N–H and O–H groups in total. The third kappa shape index (κ3) is 2.36. The smallest absolute Gasteiger partial charge is 0.231 e. The van der Waals surface area contributed by atoms with Gasteiger partial charge >= 0.3 is 0 Å². The van der Waals surface area contributed by atoms with Crippen molar-refractivity contribution in [1.82, 2.24) is 10.3 Å². The Kier molecular flexibility index (Phi) is 3.63. The largest absolute Gasteiger partial charge is 0.358 e. The number of aryl methyl sites for hydroxylation is 1. The van der Waals surface area contributed by atoms with E-state index in [1.54, 1.807) is 6.20 Å². The molecule has 2 heterocycles. The van der Waals surface area contributed by atoms with Gasteiger partial charge in [0.1, 0.15) is 6.07 Å². The molecule has 22 heavy (non-hydrogen) atoms. The van der Waals surface area contributed by atoms with Crippen LogP contribution >= 0.6 is 0 Å². The maximum absolute atomic E-state index is 12.7. The number of carbonyl (C=O) groups excluding carboxylic acids is 1. The molecule has 0 aliphatic carbocycles. The van der Waals surface area contributed by atoms with Crippen LogP contribution in [-0.2, 0) is 4.79 Å². The molecule has 5 nitrogen and oxygen atoms in total. The number of hydrogen-bond acceptors (Lipinski definition) is 3. The molecule has 1 amide bonds. The average molecular weight is 296 g/mol. The Morgan fingerprint density at radius 3 is 2.95 bits per heavy atom. The van der Waals surface area contributed by atoms with Crippen molar-refractivity contribution in [3.63, 3.8) is 0 Å². The van der Waals surface area contributed by atoms with Crippen LogP contribution in [0.1, 0.15) is 30.9 Å². The van der Waals surface area contributed by atoms with Crippen molar-refractivity contribution in [2.75, 3.05) is 18.4 Å². The molecule has 1 unspecified atom stereocenters. The summed E-state index contributed by atoms with van der Waals surface area (Å²) in [6.07, 6.45) is 3.58. The van der Waals surface area contributed by atoms with Crippen LogP contribution in [0.2, 0.25) is 0 Å². The van der Waals surface area contributed by atoms with Crippen LogP contribution < -0.4 is 10.6 Å². The number of rotatable bonds is 2. The first-order valence-corrected chi connectivity index (χ1v) is 7.58. The molecule has 114 valence electrons. The molecule has 0 spiro atoms. The first-order valence-electron chi connectivity index (χ1n) is 7.58. The minimum atomic E-state index is -0.389. The van der Waals surface area contributed by atoms with Crippen LogP contribution in [0.4, 0.5) is 5.69 Å². The molecular weight excluding hydrogens is 276 g/mol. The van der Waals surface area contributed by atoms with E-state index in [1.165, 1.54) is 0 Å². The molecule has 1 aliphatic heterocycles. The summed E-state index contributed by atoms with van der Waals surface area (Å²) in [6.45, 7) is 5.63. The Morgan fingerprint density at radius 1 is 1.45 bits per heavy atom. The van der Waals surface area contributed by atoms with Gasteiger partial charge in [-0.05, 0) is 44.9 Å². The van der Waals surface area contributed by atoms with Crippen molar-refractivity contribution in [1.29, 1.82) is 5.26 Å². The predicted octanol–water partition coefficient (Wildman–Crippen LogP) is 2.68. The Morgan fingerprint density at radius 2 is 2.27 bits per heavy atom. The maximum atomic E-state index is 12.7. The summed E-state index contributed by atoms with van der Waals surface area (Å²) in [7, 11) is 0. The second-order valence-corrected chi connectivity index (χ2v) is 6.29. The number of nitrogens with one attached hydrogen (secondary N) is 3. The summed E-state index contributed by atoms with van der Waals surface area (Å²) in [5, 5.41) is 16.4. The van der Waals surface area contributed by atoms with Crippen molar-refractivity contribution in [2.24, 2.45) is 5.41 Å². The summed E-state index contributed by atoms with van der Waals surface area (Å²) in [4.78, 5) is 15.8. The van der Waals surface area contributed by atoms with Crippen LogP contribution in [0.5, 0.6) is 0 Å². The van der Waals surface area contributed by atoms with Crippen LogP contribution in [0.25, 0.3) is 10.9 Å². The Bertz CT molecular complexity index is 763. The van der Waals surface area contributed by atoms with Gasteiger partial charge in [-0.2, -0.15) is 5.26 Å². The van der Waals surface area contributed by atoms with E-state index < -0.39 is 0 Å². The van der Waals surface area contributed by atoms with Crippen LogP contribution in [-0.4, -0.2) is 24.0 Å². The van der Waals surface area contributed by atoms with Gasteiger partial charge in [0.25, 0.3) is 0 Å². The molecule has 1 aliphatic rings. The fourth-order valence-corrected chi connectivity index (χ4v) is 3.14. The van der Waals surface area contributed by atoms with E-state index in [9.17, 15) is 10.1 Å². The van der Waals surface area contributed by atoms with Gasteiger partial charge in [-0.3, -0.25) is 4.79 Å². The van der Waals surface area contributed by atoms with Crippen molar-refractivity contribution in [3.05, 3.63) is 29.5 Å². The SMILES string of the molecule is Cc1ccc(NC(=O)C2(C)CCCNC2)c2[nH]cc(C#N)c12. The summed E-state index contributed by atoms with van der Waals surface area (Å²) in [5.74, 6) is 0.0259. The highest BCUT2D eigenvalue weighted by molar-refractivity contribution is 6.05. The number of benzene rings is 1. The number of piperidine rings is 1. The molecule has 5 heteroatoms. The number of aromatic nitrogens is 1. The zero-order valence-electron chi connectivity index (χ0n) is 12.9. The minimum absolute atomic E-state index is 0.0259. The van der Waals surface area contributed by atoms with Crippen molar-refractivity contribution >= 4 is 22.5 Å². The van der Waals surface area contributed by atoms with E-state index in [0.29, 0.717) is 12.1 Å². The summed E-state index contributed by atoms with van der Waals surface area (Å²) in [5.41, 5.74) is 2.79. The van der Waals surface area contributed by atoms with E-state index in [-0.39, 0.29) is 11.3 Å². The number of amides is 1. The van der Waals surface area contributed by atoms with E-state index in [0.717, 1.165) is 41.5 Å². The predicted molar refractivity (Wildman–Crippen MR) is 86.6 cm³/mol. The molecule has 1 aromatic carbocycles. The third-order valence-corrected chi connectivity index (χ3v) is 4.56. The lowest BCUT2D eigenvalue weighted by Gasteiger charge is -2.32. The highest BCUT2D eigenvalue weighted by Crippen LogP contribution is 2.31. The first-order chi connectivity index (χ1) is 10.5. The van der Waals surface area contributed by atoms with Gasteiger partial charge < -0.3 is 15.6 Å². The summed E-state index contributed by atoms with van der Waals surface area (Å²) in [6, 6.07) is 6.02. The fourth-order valence-electron chi connectivity index (χ4n) is 3.14. The van der Waals surface area contributed by atoms with Crippen molar-refractivity contribution in [3.8, 4) is 6.07 Å². The van der Waals surface area contributed by atoms with Gasteiger partial charge in [0.15, 0.2) is 0 Å². The maximum Gasteiger partial charge on any atom is 0.231 e. The van der Waals surface area contributed by atoms with Crippen LogP contribution in [0.3, 0.4) is 0 Å². The van der Waals surface area contributed by atoms with Crippen LogP contribution in [0.15, 0.2) is 18.3 Å². The van der Waals surface area contributed by atoms with E-state index in [4.69, 9.17) is 0 Å². The van der Waals surface area contributed by atoms with Gasteiger partial charge in [-0.25, -0.2) is 0 Å². The fraction of sp³-hybridized carbons (Fsp3) is 0.412. The first kappa shape index (κ1) is 14.6. The average Bonchev–Trinajstić information content (AvgIpc) is 2.96. The minimum Gasteiger partial charge on any atom is -0.358 e. The molecule has 0 saturated carbocycles. The molecule has 1 saturated heterocycles. The number of carbonyl (C=O) groups is 1. The number of anilines is 1. The van der Waals surface area contributed by atoms with E-state index >= 15 is 0 Å². The second kappa shape index (κ2) is 5.47. The van der Waals surface area contributed by atoms with E-state index in [2.05, 4.69) is 21.7 Å². The highest BCUT2D eigenvalue weighted by atomic mass is 16.2. The number of H-pyrrole nitrogens is 1. The zero-order chi connectivity index (χ0) is 15.7. The number of nitriles is 1. The van der Waals surface area contributed by atoms with Gasteiger partial charge in [0, 0.05) is 18.1 Å². The lowest BCUT2D eigenvalue weighted by Crippen LogP contribution is -2.46. The molecular formula is C17H20N4O. The third-order valence-electron chi connectivity index (χ3n) is 4.56. The standard InChI is InChI=1S/C17H20N4O/c1-11-4-5-13(15-14(11)12(8-18)9-20-15)21-16(22)17(2)6-3-7-19-10-17/h4-5,9,19-20H,3,6-7,10H2,1-2H3,(H,21,22). The lowest BCUT2D eigenvalue weighted by molar-refractivity contribution is -0.125. The summed E-state index contributed by atoms with van der Waals surface area (Å²) >= 11 is 0. The van der Waals surface area contributed by atoms with Gasteiger partial charge in [-0.1, -0.05) is 6.07 Å². The molecule has 2 aromatic rings. The molecule has 1 fully saturated rings. The Labute approximate surface area is 129 Å². The van der Waals surface area contributed by atoms with Crippen molar-refractivity contribution < 1.29 is 4.79 Å².